The maximum absolute atomic E-state index is 13.2. The van der Waals surface area contributed by atoms with Gasteiger partial charge in [0, 0.05) is 16.3 Å². The Morgan fingerprint density at radius 1 is 1.08 bits per heavy atom. The maximum atomic E-state index is 13.2. The Morgan fingerprint density at radius 3 is 2.33 bits per heavy atom. The number of urea groups is 1. The van der Waals surface area contributed by atoms with Gasteiger partial charge < -0.3 is 10.6 Å². The van der Waals surface area contributed by atoms with Crippen molar-refractivity contribution in [1.29, 1.82) is 0 Å². The molecule has 2 N–H and O–H groups in total. The summed E-state index contributed by atoms with van der Waals surface area (Å²) >= 11 is 5.86. The molecule has 0 radical (unpaired) electrons. The van der Waals surface area contributed by atoms with Gasteiger partial charge in [0.1, 0.15) is 5.82 Å². The summed E-state index contributed by atoms with van der Waals surface area (Å²) in [5.41, 5.74) is 1.38. The quantitative estimate of drug-likeness (QED) is 0.831. The van der Waals surface area contributed by atoms with E-state index in [1.807, 2.05) is 0 Å². The Bertz CT molecular complexity index is 803. The number of Topliss-reactive ketones (excluding diaryl/α,β-unsaturated/α-hetero) is 1. The van der Waals surface area contributed by atoms with Gasteiger partial charge in [0.15, 0.2) is 5.78 Å². The molecule has 0 aromatic heterocycles. The molecule has 0 spiro atoms. The molecule has 2 aromatic carbocycles. The van der Waals surface area contributed by atoms with Crippen molar-refractivity contribution >= 4 is 23.4 Å². The zero-order chi connectivity index (χ0) is 17.3. The molecule has 122 valence electrons. The predicted molar refractivity (Wildman–Crippen MR) is 89.2 cm³/mol. The van der Waals surface area contributed by atoms with E-state index in [0.717, 1.165) is 0 Å². The van der Waals surface area contributed by atoms with Crippen LogP contribution >= 0.6 is 11.6 Å². The third-order valence-electron chi connectivity index (χ3n) is 3.91. The number of amides is 2. The molecule has 1 heterocycles. The number of benzene rings is 2. The normalized spacial score (nSPS) is 20.2. The third-order valence-corrected chi connectivity index (χ3v) is 4.16. The molecular formula is C18H14ClFN2O2. The molecule has 1 aliphatic heterocycles. The lowest BCUT2D eigenvalue weighted by Crippen LogP contribution is -2.50. The average Bonchev–Trinajstić information content (AvgIpc) is 2.55. The van der Waals surface area contributed by atoms with Crippen LogP contribution in [-0.4, -0.2) is 11.8 Å². The highest BCUT2D eigenvalue weighted by atomic mass is 35.5. The van der Waals surface area contributed by atoms with E-state index in [-0.39, 0.29) is 5.78 Å². The van der Waals surface area contributed by atoms with Crippen LogP contribution in [0.1, 0.15) is 22.0 Å². The molecule has 2 aromatic rings. The van der Waals surface area contributed by atoms with Gasteiger partial charge in [0.05, 0.1) is 12.0 Å². The largest absolute Gasteiger partial charge is 0.330 e. The third kappa shape index (κ3) is 3.16. The van der Waals surface area contributed by atoms with Crippen molar-refractivity contribution in [3.8, 4) is 0 Å². The second-order valence-electron chi connectivity index (χ2n) is 5.50. The predicted octanol–water partition coefficient (Wildman–Crippen LogP) is 3.85. The molecule has 3 rings (SSSR count). The number of hydrogen-bond donors (Lipinski definition) is 2. The van der Waals surface area contributed by atoms with E-state index in [2.05, 4.69) is 17.2 Å². The van der Waals surface area contributed by atoms with Crippen LogP contribution in [-0.2, 0) is 0 Å². The van der Waals surface area contributed by atoms with E-state index in [9.17, 15) is 14.0 Å². The SMILES string of the molecule is C=C1NC(=O)N[C@@H](c2ccc(F)cc2)[C@@H]1C(=O)c1ccc(Cl)cc1. The van der Waals surface area contributed by atoms with Gasteiger partial charge in [-0.1, -0.05) is 30.3 Å². The second kappa shape index (κ2) is 6.45. The van der Waals surface area contributed by atoms with Crippen molar-refractivity contribution in [2.24, 2.45) is 5.92 Å². The molecule has 1 aliphatic rings. The van der Waals surface area contributed by atoms with Gasteiger partial charge >= 0.3 is 6.03 Å². The smallest absolute Gasteiger partial charge is 0.319 e. The highest BCUT2D eigenvalue weighted by Gasteiger charge is 2.38. The first-order valence-corrected chi connectivity index (χ1v) is 7.65. The van der Waals surface area contributed by atoms with Crippen molar-refractivity contribution < 1.29 is 14.0 Å². The lowest BCUT2D eigenvalue weighted by atomic mass is 9.83. The summed E-state index contributed by atoms with van der Waals surface area (Å²) in [5, 5.41) is 5.78. The lowest BCUT2D eigenvalue weighted by molar-refractivity contribution is 0.0905. The van der Waals surface area contributed by atoms with E-state index in [1.54, 1.807) is 36.4 Å². The van der Waals surface area contributed by atoms with Crippen LogP contribution in [0.15, 0.2) is 60.8 Å². The summed E-state index contributed by atoms with van der Waals surface area (Å²) in [5.74, 6) is -1.31. The summed E-state index contributed by atoms with van der Waals surface area (Å²) in [4.78, 5) is 24.7. The van der Waals surface area contributed by atoms with Crippen molar-refractivity contribution in [2.45, 2.75) is 6.04 Å². The second-order valence-corrected chi connectivity index (χ2v) is 5.94. The molecule has 6 heteroatoms. The Balaban J connectivity index is 1.98. The standard InChI is InChI=1S/C18H14ClFN2O2/c1-10-15(17(23)12-2-6-13(19)7-3-12)16(22-18(24)21-10)11-4-8-14(20)9-5-11/h2-9,15-16H,1H2,(H2,21,22,24)/t15-,16+/m1/s1. The van der Waals surface area contributed by atoms with Gasteiger partial charge in [0.2, 0.25) is 0 Å². The number of nitrogens with one attached hydrogen (secondary N) is 2. The molecule has 0 bridgehead atoms. The first-order valence-electron chi connectivity index (χ1n) is 7.27. The van der Waals surface area contributed by atoms with Gasteiger partial charge in [-0.05, 0) is 42.0 Å². The fraction of sp³-hybridized carbons (Fsp3) is 0.111. The van der Waals surface area contributed by atoms with E-state index < -0.39 is 23.8 Å². The van der Waals surface area contributed by atoms with Gasteiger partial charge in [0.25, 0.3) is 0 Å². The minimum absolute atomic E-state index is 0.210. The number of carbonyl (C=O) groups is 2. The van der Waals surface area contributed by atoms with Crippen molar-refractivity contribution in [3.63, 3.8) is 0 Å². The van der Waals surface area contributed by atoms with Crippen molar-refractivity contribution in [1.82, 2.24) is 10.6 Å². The molecule has 2 atom stereocenters. The number of halogens is 2. The number of rotatable bonds is 3. The van der Waals surface area contributed by atoms with E-state index in [4.69, 9.17) is 11.6 Å². The molecule has 4 nitrogen and oxygen atoms in total. The zero-order valence-electron chi connectivity index (χ0n) is 12.6. The van der Waals surface area contributed by atoms with Gasteiger partial charge in [-0.3, -0.25) is 4.79 Å². The summed E-state index contributed by atoms with van der Waals surface area (Å²) in [6.45, 7) is 3.81. The minimum Gasteiger partial charge on any atom is -0.330 e. The summed E-state index contributed by atoms with van der Waals surface area (Å²) in [6, 6.07) is 11.1. The molecule has 0 unspecified atom stereocenters. The minimum atomic E-state index is -0.714. The molecule has 1 saturated heterocycles. The average molecular weight is 345 g/mol. The summed E-state index contributed by atoms with van der Waals surface area (Å²) in [6.07, 6.45) is 0. The molecule has 0 saturated carbocycles. The highest BCUT2D eigenvalue weighted by Crippen LogP contribution is 2.32. The Labute approximate surface area is 143 Å². The van der Waals surface area contributed by atoms with Crippen LogP contribution < -0.4 is 10.6 Å². The molecule has 0 aliphatic carbocycles. The summed E-state index contributed by atoms with van der Waals surface area (Å²) in [7, 11) is 0. The Morgan fingerprint density at radius 2 is 1.71 bits per heavy atom. The lowest BCUT2D eigenvalue weighted by Gasteiger charge is -2.34. The first-order chi connectivity index (χ1) is 11.5. The fourth-order valence-electron chi connectivity index (χ4n) is 2.73. The van der Waals surface area contributed by atoms with E-state index in [1.165, 1.54) is 12.1 Å². The monoisotopic (exact) mass is 344 g/mol. The fourth-order valence-corrected chi connectivity index (χ4v) is 2.86. The number of carbonyl (C=O) groups excluding carboxylic acids is 2. The van der Waals surface area contributed by atoms with Crippen molar-refractivity contribution in [2.75, 3.05) is 0 Å². The number of hydrogen-bond acceptors (Lipinski definition) is 2. The molecule has 2 amide bonds. The number of ketones is 1. The van der Waals surface area contributed by atoms with Crippen LogP contribution in [0.5, 0.6) is 0 Å². The first kappa shape index (κ1) is 16.2. The maximum Gasteiger partial charge on any atom is 0.319 e. The molecule has 24 heavy (non-hydrogen) atoms. The molecule has 1 fully saturated rings. The van der Waals surface area contributed by atoms with Crippen molar-refractivity contribution in [3.05, 3.63) is 82.8 Å². The van der Waals surface area contributed by atoms with Gasteiger partial charge in [-0.25, -0.2) is 9.18 Å². The van der Waals surface area contributed by atoms with Crippen LogP contribution in [0.2, 0.25) is 5.02 Å². The van der Waals surface area contributed by atoms with Gasteiger partial charge in [-0.2, -0.15) is 0 Å². The topological polar surface area (TPSA) is 58.2 Å². The zero-order valence-corrected chi connectivity index (χ0v) is 13.3. The van der Waals surface area contributed by atoms with Crippen LogP contribution in [0.4, 0.5) is 9.18 Å². The van der Waals surface area contributed by atoms with Crippen LogP contribution in [0.25, 0.3) is 0 Å². The summed E-state index contributed by atoms with van der Waals surface area (Å²) < 4.78 is 13.2. The Kier molecular flexibility index (Phi) is 4.36. The highest BCUT2D eigenvalue weighted by molar-refractivity contribution is 6.30. The van der Waals surface area contributed by atoms with Crippen LogP contribution in [0.3, 0.4) is 0 Å². The van der Waals surface area contributed by atoms with E-state index in [0.29, 0.717) is 21.8 Å². The van der Waals surface area contributed by atoms with E-state index >= 15 is 0 Å². The van der Waals surface area contributed by atoms with Gasteiger partial charge in [-0.15, -0.1) is 0 Å². The van der Waals surface area contributed by atoms with Crippen LogP contribution in [0, 0.1) is 11.7 Å². The molecular weight excluding hydrogens is 331 g/mol. The Hall–Kier alpha value is -2.66.